The van der Waals surface area contributed by atoms with Crippen molar-refractivity contribution in [3.63, 3.8) is 0 Å². The highest BCUT2D eigenvalue weighted by Gasteiger charge is 2.59. The fraction of sp³-hybridized carbons (Fsp3) is 0.640. The summed E-state index contributed by atoms with van der Waals surface area (Å²) in [5.74, 6) is 0.589. The van der Waals surface area contributed by atoms with Gasteiger partial charge in [-0.2, -0.15) is 18.4 Å². The molecule has 6 rings (SSSR count). The molecule has 2 N–H and O–H groups in total. The first-order chi connectivity index (χ1) is 16.1. The highest BCUT2D eigenvalue weighted by Crippen LogP contribution is 2.61. The molecule has 0 saturated heterocycles. The normalized spacial score (nSPS) is 33.8. The van der Waals surface area contributed by atoms with Crippen LogP contribution in [0.5, 0.6) is 0 Å². The lowest BCUT2D eigenvalue weighted by Gasteiger charge is -2.57. The molecule has 0 amide bonds. The minimum atomic E-state index is -4.39. The fourth-order valence-electron chi connectivity index (χ4n) is 6.89. The minimum Gasteiger partial charge on any atom is -0.481 e. The van der Waals surface area contributed by atoms with E-state index in [4.69, 9.17) is 9.73 Å². The molecule has 4 bridgehead atoms. The lowest BCUT2D eigenvalue weighted by Crippen LogP contribution is -2.58. The van der Waals surface area contributed by atoms with Crippen LogP contribution in [-0.2, 0) is 22.3 Å². The number of hydrogen-bond donors (Lipinski definition) is 2. The van der Waals surface area contributed by atoms with Crippen molar-refractivity contribution in [1.29, 1.82) is 5.26 Å². The Morgan fingerprint density at radius 1 is 1.18 bits per heavy atom. The molecule has 0 aliphatic heterocycles. The Bertz CT molecular complexity index is 1010. The smallest absolute Gasteiger partial charge is 0.416 e. The first kappa shape index (κ1) is 23.2. The van der Waals surface area contributed by atoms with E-state index in [2.05, 4.69) is 5.32 Å². The number of nitriles is 1. The maximum Gasteiger partial charge on any atom is 0.416 e. The van der Waals surface area contributed by atoms with Crippen molar-refractivity contribution in [1.82, 2.24) is 5.32 Å². The molecule has 0 heterocycles. The zero-order valence-electron chi connectivity index (χ0n) is 18.8. The van der Waals surface area contributed by atoms with Gasteiger partial charge in [-0.1, -0.05) is 12.1 Å². The van der Waals surface area contributed by atoms with E-state index in [1.807, 2.05) is 6.19 Å². The van der Waals surface area contributed by atoms with Gasteiger partial charge in [0.15, 0.2) is 6.19 Å². The zero-order chi connectivity index (χ0) is 24.1. The molecule has 182 valence electrons. The second-order valence-corrected chi connectivity index (χ2v) is 10.6. The van der Waals surface area contributed by atoms with E-state index in [1.54, 1.807) is 0 Å². The molecule has 6 nitrogen and oxygen atoms in total. The van der Waals surface area contributed by atoms with Crippen LogP contribution in [0.25, 0.3) is 0 Å². The number of ether oxygens (including phenoxy) is 1. The van der Waals surface area contributed by atoms with Gasteiger partial charge in [0.25, 0.3) is 0 Å². The van der Waals surface area contributed by atoms with Gasteiger partial charge in [0, 0.05) is 0 Å². The van der Waals surface area contributed by atoms with Crippen molar-refractivity contribution in [2.45, 2.75) is 75.8 Å². The van der Waals surface area contributed by atoms with Crippen LogP contribution in [-0.4, -0.2) is 28.6 Å². The van der Waals surface area contributed by atoms with E-state index in [9.17, 15) is 28.3 Å². The molecular weight excluding hydrogens is 447 g/mol. The molecule has 2 unspecified atom stereocenters. The van der Waals surface area contributed by atoms with Gasteiger partial charge in [0.1, 0.15) is 11.4 Å². The fourth-order valence-corrected chi connectivity index (χ4v) is 6.89. The predicted octanol–water partition coefficient (Wildman–Crippen LogP) is 4.89. The SMILES string of the molecule is N#CNC(=NC1C2CC3CC1CC(C(=O)O)(C3)C2)C1(OCc2ccc(C(F)(F)F)cc2)CCC1. The summed E-state index contributed by atoms with van der Waals surface area (Å²) in [4.78, 5) is 17.0. The van der Waals surface area contributed by atoms with Crippen LogP contribution in [0.15, 0.2) is 29.3 Å². The number of alkyl halides is 3. The quantitative estimate of drug-likeness (QED) is 0.264. The summed E-state index contributed by atoms with van der Waals surface area (Å²) < 4.78 is 44.8. The third-order valence-corrected chi connectivity index (χ3v) is 8.52. The lowest BCUT2D eigenvalue weighted by atomic mass is 9.48. The average Bonchev–Trinajstić information content (AvgIpc) is 2.74. The van der Waals surface area contributed by atoms with Crippen molar-refractivity contribution >= 4 is 11.8 Å². The summed E-state index contributed by atoms with van der Waals surface area (Å²) in [7, 11) is 0. The van der Waals surface area contributed by atoms with E-state index in [0.717, 1.165) is 37.8 Å². The topological polar surface area (TPSA) is 94.7 Å². The molecule has 5 aliphatic carbocycles. The van der Waals surface area contributed by atoms with Crippen LogP contribution in [0.2, 0.25) is 0 Å². The third-order valence-electron chi connectivity index (χ3n) is 8.52. The van der Waals surface area contributed by atoms with Crippen LogP contribution in [0.4, 0.5) is 13.2 Å². The van der Waals surface area contributed by atoms with Crippen molar-refractivity contribution < 1.29 is 27.8 Å². The van der Waals surface area contributed by atoms with Gasteiger partial charge in [-0.25, -0.2) is 0 Å². The molecule has 2 atom stereocenters. The zero-order valence-corrected chi connectivity index (χ0v) is 18.8. The molecule has 5 aliphatic rings. The summed E-state index contributed by atoms with van der Waals surface area (Å²) in [6, 6.07) is 4.87. The molecule has 0 aromatic heterocycles. The number of carboxylic acid groups (broad SMARTS) is 1. The summed E-state index contributed by atoms with van der Waals surface area (Å²) in [5.41, 5.74) is -1.48. The standard InChI is InChI=1S/C25H28F3N3O3/c26-25(27,28)19-4-2-15(3-5-19)13-34-24(6-1-7-24)21(30-14-29)31-20-17-8-16-9-18(20)12-23(10-16,11-17)22(32)33/h2-5,16-18,20H,1,6-13H2,(H,30,31)(H,32,33). The van der Waals surface area contributed by atoms with Crippen LogP contribution >= 0.6 is 0 Å². The Labute approximate surface area is 196 Å². The Balaban J connectivity index is 1.35. The number of amidine groups is 1. The number of benzene rings is 1. The number of aliphatic carboxylic acids is 1. The van der Waals surface area contributed by atoms with Gasteiger partial charge in [-0.05, 0) is 86.8 Å². The van der Waals surface area contributed by atoms with E-state index in [-0.39, 0.29) is 24.5 Å². The van der Waals surface area contributed by atoms with Crippen LogP contribution < -0.4 is 5.32 Å². The molecule has 0 radical (unpaired) electrons. The molecule has 1 aromatic rings. The number of carboxylic acids is 1. The highest BCUT2D eigenvalue weighted by atomic mass is 19.4. The number of rotatable bonds is 6. The Kier molecular flexibility index (Phi) is 5.63. The van der Waals surface area contributed by atoms with Gasteiger partial charge >= 0.3 is 12.1 Å². The number of carbonyl (C=O) groups is 1. The van der Waals surface area contributed by atoms with Crippen molar-refractivity contribution in [2.24, 2.45) is 28.2 Å². The molecule has 34 heavy (non-hydrogen) atoms. The van der Waals surface area contributed by atoms with Crippen LogP contribution in [0.3, 0.4) is 0 Å². The van der Waals surface area contributed by atoms with Gasteiger partial charge in [0.2, 0.25) is 0 Å². The van der Waals surface area contributed by atoms with Crippen LogP contribution in [0, 0.1) is 34.6 Å². The summed E-state index contributed by atoms with van der Waals surface area (Å²) >= 11 is 0. The first-order valence-corrected chi connectivity index (χ1v) is 11.9. The van der Waals surface area contributed by atoms with Gasteiger partial charge in [0.05, 0.1) is 23.6 Å². The predicted molar refractivity (Wildman–Crippen MR) is 116 cm³/mol. The number of aliphatic imine (C=N–C) groups is 1. The van der Waals surface area contributed by atoms with E-state index in [0.29, 0.717) is 43.0 Å². The Morgan fingerprint density at radius 2 is 1.82 bits per heavy atom. The second kappa shape index (κ2) is 8.26. The van der Waals surface area contributed by atoms with Crippen LogP contribution in [0.1, 0.15) is 62.5 Å². The van der Waals surface area contributed by atoms with Gasteiger partial charge in [-0.15, -0.1) is 0 Å². The number of nitrogens with one attached hydrogen (secondary N) is 1. The number of halogens is 3. The third kappa shape index (κ3) is 3.96. The van der Waals surface area contributed by atoms with Crippen molar-refractivity contribution in [3.8, 4) is 6.19 Å². The first-order valence-electron chi connectivity index (χ1n) is 11.9. The molecular formula is C25H28F3N3O3. The maximum absolute atomic E-state index is 12.8. The maximum atomic E-state index is 12.8. The molecule has 0 spiro atoms. The van der Waals surface area contributed by atoms with Crippen molar-refractivity contribution in [2.75, 3.05) is 0 Å². The monoisotopic (exact) mass is 475 g/mol. The van der Waals surface area contributed by atoms with Gasteiger partial charge in [-0.3, -0.25) is 15.1 Å². The summed E-state index contributed by atoms with van der Waals surface area (Å²) in [5, 5.41) is 22.0. The van der Waals surface area contributed by atoms with Crippen molar-refractivity contribution in [3.05, 3.63) is 35.4 Å². The summed E-state index contributed by atoms with van der Waals surface area (Å²) in [6.45, 7) is 0.117. The van der Waals surface area contributed by atoms with E-state index in [1.165, 1.54) is 12.1 Å². The number of nitrogens with zero attached hydrogens (tertiary/aromatic N) is 2. The molecule has 1 aromatic carbocycles. The second-order valence-electron chi connectivity index (χ2n) is 10.6. The molecule has 9 heteroatoms. The van der Waals surface area contributed by atoms with E-state index < -0.39 is 28.7 Å². The lowest BCUT2D eigenvalue weighted by molar-refractivity contribution is -0.166. The average molecular weight is 476 g/mol. The number of hydrogen-bond acceptors (Lipinski definition) is 4. The van der Waals surface area contributed by atoms with E-state index >= 15 is 0 Å². The molecule has 5 saturated carbocycles. The Hall–Kier alpha value is -2.60. The largest absolute Gasteiger partial charge is 0.481 e. The Morgan fingerprint density at radius 3 is 2.32 bits per heavy atom. The highest BCUT2D eigenvalue weighted by molar-refractivity contribution is 5.92. The summed E-state index contributed by atoms with van der Waals surface area (Å²) in [6.07, 6.45) is 3.80. The molecule has 5 fully saturated rings. The minimum absolute atomic E-state index is 0.0352. The van der Waals surface area contributed by atoms with Gasteiger partial charge < -0.3 is 9.84 Å².